The van der Waals surface area contributed by atoms with Crippen LogP contribution in [0.15, 0.2) is 54.6 Å². The number of methoxy groups -OCH3 is 1. The molecule has 1 aliphatic heterocycles. The van der Waals surface area contributed by atoms with E-state index >= 15 is 0 Å². The average molecular weight is 531 g/mol. The van der Waals surface area contributed by atoms with Gasteiger partial charge in [0, 0.05) is 17.3 Å². The van der Waals surface area contributed by atoms with Gasteiger partial charge in [-0.15, -0.1) is 0 Å². The molecule has 1 fully saturated rings. The second kappa shape index (κ2) is 11.3. The minimum Gasteiger partial charge on any atom is -0.504 e. The van der Waals surface area contributed by atoms with Gasteiger partial charge in [0.2, 0.25) is 5.91 Å². The molecule has 0 radical (unpaired) electrons. The highest BCUT2D eigenvalue weighted by Gasteiger charge is 2.36. The highest BCUT2D eigenvalue weighted by atomic mass is 16.6. The van der Waals surface area contributed by atoms with Gasteiger partial charge in [0.05, 0.1) is 7.11 Å². The van der Waals surface area contributed by atoms with E-state index in [-0.39, 0.29) is 29.4 Å². The SMILES string of the molecule is COc1cc([C@@H](C(=O)NC2CCCC2)N(C(=O)c2ccc3c(c2)OCCO3)c2ccc(C)cc2C)ccc1O. The van der Waals surface area contributed by atoms with Crippen LogP contribution in [0.2, 0.25) is 0 Å². The molecule has 0 spiro atoms. The van der Waals surface area contributed by atoms with Gasteiger partial charge in [-0.05, 0) is 74.2 Å². The van der Waals surface area contributed by atoms with Crippen LogP contribution in [-0.4, -0.2) is 43.3 Å². The maximum Gasteiger partial charge on any atom is 0.259 e. The minimum atomic E-state index is -1.03. The van der Waals surface area contributed by atoms with Crippen molar-refractivity contribution in [3.05, 3.63) is 76.9 Å². The van der Waals surface area contributed by atoms with Gasteiger partial charge in [0.15, 0.2) is 23.0 Å². The molecule has 5 rings (SSSR count). The van der Waals surface area contributed by atoms with Gasteiger partial charge in [-0.1, -0.05) is 36.6 Å². The van der Waals surface area contributed by atoms with Crippen molar-refractivity contribution in [1.29, 1.82) is 0 Å². The molecule has 8 heteroatoms. The summed E-state index contributed by atoms with van der Waals surface area (Å²) in [5.74, 6) is 0.588. The van der Waals surface area contributed by atoms with E-state index in [2.05, 4.69) is 5.32 Å². The number of fused-ring (bicyclic) bond motifs is 1. The zero-order valence-corrected chi connectivity index (χ0v) is 22.5. The molecule has 0 bridgehead atoms. The number of hydrogen-bond acceptors (Lipinski definition) is 6. The fourth-order valence-electron chi connectivity index (χ4n) is 5.39. The summed E-state index contributed by atoms with van der Waals surface area (Å²) in [6, 6.07) is 14.6. The Morgan fingerprint density at radius 3 is 2.44 bits per heavy atom. The summed E-state index contributed by atoms with van der Waals surface area (Å²) in [5, 5.41) is 13.5. The maximum absolute atomic E-state index is 14.4. The lowest BCUT2D eigenvalue weighted by molar-refractivity contribution is -0.123. The van der Waals surface area contributed by atoms with Gasteiger partial charge >= 0.3 is 0 Å². The molecule has 1 heterocycles. The van der Waals surface area contributed by atoms with E-state index in [1.54, 1.807) is 30.3 Å². The number of anilines is 1. The lowest BCUT2D eigenvalue weighted by atomic mass is 9.98. The monoisotopic (exact) mass is 530 g/mol. The first-order valence-electron chi connectivity index (χ1n) is 13.3. The van der Waals surface area contributed by atoms with Gasteiger partial charge in [0.1, 0.15) is 19.3 Å². The largest absolute Gasteiger partial charge is 0.504 e. The molecule has 39 heavy (non-hydrogen) atoms. The molecule has 1 saturated carbocycles. The Balaban J connectivity index is 1.66. The molecule has 3 aromatic carbocycles. The van der Waals surface area contributed by atoms with E-state index in [0.717, 1.165) is 36.8 Å². The van der Waals surface area contributed by atoms with Crippen molar-refractivity contribution in [1.82, 2.24) is 5.32 Å². The molecule has 2 amide bonds. The van der Waals surface area contributed by atoms with Gasteiger partial charge in [-0.2, -0.15) is 0 Å². The van der Waals surface area contributed by atoms with Crippen LogP contribution in [0.3, 0.4) is 0 Å². The number of phenolic OH excluding ortho intramolecular Hbond substituents is 1. The fourth-order valence-corrected chi connectivity index (χ4v) is 5.39. The lowest BCUT2D eigenvalue weighted by Gasteiger charge is -2.34. The topological polar surface area (TPSA) is 97.3 Å². The molecule has 0 aromatic heterocycles. The standard InChI is InChI=1S/C31H34N2O6/c1-19-8-11-24(20(2)16-19)33(31(36)22-10-13-26-28(18-22)39-15-14-38-26)29(30(35)32-23-6-4-5-7-23)21-9-12-25(34)27(17-21)37-3/h8-13,16-18,23,29,34H,4-7,14-15H2,1-3H3,(H,32,35)/t29-/m0/s1. The van der Waals surface area contributed by atoms with Crippen LogP contribution in [-0.2, 0) is 4.79 Å². The number of rotatable bonds is 7. The number of aromatic hydroxyl groups is 1. The molecule has 0 unspecified atom stereocenters. The number of nitrogens with one attached hydrogen (secondary N) is 1. The van der Waals surface area contributed by atoms with Crippen LogP contribution < -0.4 is 24.4 Å². The number of carbonyl (C=O) groups is 2. The third-order valence-corrected chi connectivity index (χ3v) is 7.35. The second-order valence-corrected chi connectivity index (χ2v) is 10.1. The third-order valence-electron chi connectivity index (χ3n) is 7.35. The Morgan fingerprint density at radius 1 is 0.974 bits per heavy atom. The molecule has 8 nitrogen and oxygen atoms in total. The van der Waals surface area contributed by atoms with E-state index in [9.17, 15) is 14.7 Å². The van der Waals surface area contributed by atoms with E-state index in [4.69, 9.17) is 14.2 Å². The van der Waals surface area contributed by atoms with Crippen LogP contribution in [0.4, 0.5) is 5.69 Å². The van der Waals surface area contributed by atoms with Crippen LogP contribution >= 0.6 is 0 Å². The molecular weight excluding hydrogens is 496 g/mol. The molecular formula is C31H34N2O6. The molecule has 1 aliphatic carbocycles. The number of benzene rings is 3. The maximum atomic E-state index is 14.4. The summed E-state index contributed by atoms with van der Waals surface area (Å²) < 4.78 is 16.8. The Bertz CT molecular complexity index is 1380. The van der Waals surface area contributed by atoms with Crippen molar-refractivity contribution in [2.24, 2.45) is 0 Å². The van der Waals surface area contributed by atoms with Crippen LogP contribution in [0.5, 0.6) is 23.0 Å². The number of aryl methyl sites for hydroxylation is 2. The summed E-state index contributed by atoms with van der Waals surface area (Å²) in [4.78, 5) is 30.0. The Kier molecular flexibility index (Phi) is 7.63. The van der Waals surface area contributed by atoms with Crippen molar-refractivity contribution >= 4 is 17.5 Å². The molecule has 2 aliphatic rings. The Morgan fingerprint density at radius 2 is 1.72 bits per heavy atom. The highest BCUT2D eigenvalue weighted by molar-refractivity contribution is 6.10. The van der Waals surface area contributed by atoms with Crippen molar-refractivity contribution < 1.29 is 28.9 Å². The third kappa shape index (κ3) is 5.50. The van der Waals surface area contributed by atoms with Crippen molar-refractivity contribution in [3.63, 3.8) is 0 Å². The first-order valence-corrected chi connectivity index (χ1v) is 13.3. The molecule has 204 valence electrons. The number of ether oxygens (including phenoxy) is 3. The minimum absolute atomic E-state index is 0.0457. The van der Waals surface area contributed by atoms with E-state index in [1.807, 2.05) is 32.0 Å². The molecule has 1 atom stereocenters. The Labute approximate surface area is 228 Å². The van der Waals surface area contributed by atoms with E-state index in [0.29, 0.717) is 41.5 Å². The van der Waals surface area contributed by atoms with Crippen molar-refractivity contribution in [2.45, 2.75) is 51.6 Å². The summed E-state index contributed by atoms with van der Waals surface area (Å²) in [7, 11) is 1.45. The fraction of sp³-hybridized carbons (Fsp3) is 0.355. The summed E-state index contributed by atoms with van der Waals surface area (Å²) >= 11 is 0. The van der Waals surface area contributed by atoms with Gasteiger partial charge in [0.25, 0.3) is 5.91 Å². The lowest BCUT2D eigenvalue weighted by Crippen LogP contribution is -2.46. The zero-order chi connectivity index (χ0) is 27.5. The average Bonchev–Trinajstić information content (AvgIpc) is 3.45. The number of hydrogen-bond donors (Lipinski definition) is 2. The molecule has 2 N–H and O–H groups in total. The first-order chi connectivity index (χ1) is 18.9. The van der Waals surface area contributed by atoms with Gasteiger partial charge in [-0.25, -0.2) is 0 Å². The first kappa shape index (κ1) is 26.4. The van der Waals surface area contributed by atoms with E-state index in [1.165, 1.54) is 18.1 Å². The van der Waals surface area contributed by atoms with Crippen LogP contribution in [0, 0.1) is 13.8 Å². The van der Waals surface area contributed by atoms with Crippen molar-refractivity contribution in [3.8, 4) is 23.0 Å². The summed E-state index contributed by atoms with van der Waals surface area (Å²) in [6.45, 7) is 4.75. The van der Waals surface area contributed by atoms with Crippen molar-refractivity contribution in [2.75, 3.05) is 25.2 Å². The number of phenols is 1. The Hall–Kier alpha value is -4.20. The van der Waals surface area contributed by atoms with Crippen LogP contribution in [0.25, 0.3) is 0 Å². The summed E-state index contributed by atoms with van der Waals surface area (Å²) in [5.41, 5.74) is 3.39. The van der Waals surface area contributed by atoms with Crippen LogP contribution in [0.1, 0.15) is 58.8 Å². The predicted octanol–water partition coefficient (Wildman–Crippen LogP) is 5.24. The predicted molar refractivity (Wildman–Crippen MR) is 148 cm³/mol. The normalized spacial score (nSPS) is 15.5. The number of amides is 2. The number of nitrogens with zero attached hydrogens (tertiary/aromatic N) is 1. The summed E-state index contributed by atoms with van der Waals surface area (Å²) in [6.07, 6.45) is 3.91. The second-order valence-electron chi connectivity index (χ2n) is 10.1. The van der Waals surface area contributed by atoms with E-state index < -0.39 is 6.04 Å². The smallest absolute Gasteiger partial charge is 0.259 e. The quantitative estimate of drug-likeness (QED) is 0.434. The van der Waals surface area contributed by atoms with Gasteiger partial charge < -0.3 is 24.6 Å². The zero-order valence-electron chi connectivity index (χ0n) is 22.5. The number of carbonyl (C=O) groups excluding carboxylic acids is 2. The molecule has 0 saturated heterocycles. The van der Waals surface area contributed by atoms with Gasteiger partial charge in [-0.3, -0.25) is 14.5 Å². The highest BCUT2D eigenvalue weighted by Crippen LogP contribution is 2.38. The molecule has 3 aromatic rings.